The molecule has 1 fully saturated rings. The molecule has 1 aromatic rings. The maximum absolute atomic E-state index is 13.0. The van der Waals surface area contributed by atoms with Gasteiger partial charge >= 0.3 is 5.97 Å². The van der Waals surface area contributed by atoms with Crippen LogP contribution in [0.5, 0.6) is 0 Å². The number of esters is 1. The summed E-state index contributed by atoms with van der Waals surface area (Å²) in [5.41, 5.74) is 9.84. The van der Waals surface area contributed by atoms with E-state index in [2.05, 4.69) is 20.6 Å². The Bertz CT molecular complexity index is 1000. The Labute approximate surface area is 184 Å². The van der Waals surface area contributed by atoms with Gasteiger partial charge in [0.05, 0.1) is 12.1 Å². The number of amides is 1. The number of hydrogen-bond acceptors (Lipinski definition) is 11. The first-order valence-electron chi connectivity index (χ1n) is 10.1. The van der Waals surface area contributed by atoms with E-state index in [4.69, 9.17) is 16.2 Å². The molecule has 1 aromatic carbocycles. The number of aliphatic imine (C=N–C) groups is 2. The molecule has 0 radical (unpaired) electrons. The van der Waals surface area contributed by atoms with Gasteiger partial charge in [-0.1, -0.05) is 18.2 Å². The van der Waals surface area contributed by atoms with Crippen LogP contribution in [0.4, 0.5) is 0 Å². The van der Waals surface area contributed by atoms with E-state index in [0.29, 0.717) is 0 Å². The molecule has 0 aromatic heterocycles. The molecule has 8 N–H and O–H groups in total. The minimum Gasteiger partial charge on any atom is -0.451 e. The summed E-state index contributed by atoms with van der Waals surface area (Å²) in [5.74, 6) is -4.24. The van der Waals surface area contributed by atoms with Gasteiger partial charge in [-0.2, -0.15) is 0 Å². The topological polar surface area (TPSA) is 188 Å². The van der Waals surface area contributed by atoms with Crippen molar-refractivity contribution in [2.75, 3.05) is 6.54 Å². The maximum atomic E-state index is 13.0. The zero-order valence-corrected chi connectivity index (χ0v) is 17.9. The Balaban J connectivity index is 1.69. The van der Waals surface area contributed by atoms with Crippen LogP contribution in [0.1, 0.15) is 31.1 Å². The van der Waals surface area contributed by atoms with E-state index in [0.717, 1.165) is 0 Å². The number of guanidine groups is 2. The fourth-order valence-corrected chi connectivity index (χ4v) is 4.36. The molecule has 4 rings (SSSR count). The number of benzene rings is 1. The van der Waals surface area contributed by atoms with Crippen LogP contribution in [0.2, 0.25) is 0 Å². The molecule has 0 bridgehead atoms. The number of nitrogens with one attached hydrogen (secondary N) is 2. The fourth-order valence-electron chi connectivity index (χ4n) is 4.36. The zero-order valence-electron chi connectivity index (χ0n) is 17.9. The Morgan fingerprint density at radius 1 is 1.22 bits per heavy atom. The lowest BCUT2D eigenvalue weighted by Crippen LogP contribution is -2.78. The van der Waals surface area contributed by atoms with Crippen molar-refractivity contribution in [3.63, 3.8) is 0 Å². The monoisotopic (exact) mass is 445 g/mol. The lowest BCUT2D eigenvalue weighted by Gasteiger charge is -2.48. The van der Waals surface area contributed by atoms with E-state index in [9.17, 15) is 19.8 Å². The van der Waals surface area contributed by atoms with Crippen molar-refractivity contribution in [2.45, 2.75) is 55.9 Å². The maximum Gasteiger partial charge on any atom is 0.338 e. The highest BCUT2D eigenvalue weighted by Gasteiger charge is 2.75. The molecule has 2 unspecified atom stereocenters. The van der Waals surface area contributed by atoms with Crippen LogP contribution in [0.25, 0.3) is 0 Å². The summed E-state index contributed by atoms with van der Waals surface area (Å²) in [6, 6.07) is 5.80. The molecule has 12 heteroatoms. The molecule has 4 atom stereocenters. The summed E-state index contributed by atoms with van der Waals surface area (Å²) in [6.45, 7) is 5.18. The highest BCUT2D eigenvalue weighted by atomic mass is 16.6. The molecule has 12 nitrogen and oxygen atoms in total. The summed E-state index contributed by atoms with van der Waals surface area (Å²) in [4.78, 5) is 35.4. The largest absolute Gasteiger partial charge is 0.451 e. The van der Waals surface area contributed by atoms with Crippen molar-refractivity contribution < 1.29 is 24.5 Å². The van der Waals surface area contributed by atoms with Gasteiger partial charge in [-0.3, -0.25) is 4.79 Å². The van der Waals surface area contributed by atoms with Gasteiger partial charge in [0.2, 0.25) is 11.7 Å². The number of aliphatic hydroxyl groups is 2. The molecule has 0 aliphatic carbocycles. The van der Waals surface area contributed by atoms with Crippen LogP contribution in [0.15, 0.2) is 40.3 Å². The van der Waals surface area contributed by atoms with Gasteiger partial charge in [-0.25, -0.2) is 14.8 Å². The van der Waals surface area contributed by atoms with Gasteiger partial charge in [0.25, 0.3) is 0 Å². The van der Waals surface area contributed by atoms with Crippen molar-refractivity contribution in [2.24, 2.45) is 21.5 Å². The highest BCUT2D eigenvalue weighted by molar-refractivity contribution is 5.94. The first-order chi connectivity index (χ1) is 14.9. The van der Waals surface area contributed by atoms with Crippen LogP contribution in [0, 0.1) is 0 Å². The Hall–Kier alpha value is -3.38. The van der Waals surface area contributed by atoms with Crippen LogP contribution in [-0.4, -0.2) is 80.6 Å². The first kappa shape index (κ1) is 21.8. The average Bonchev–Trinajstić information content (AvgIpc) is 3.16. The molecule has 1 spiro atoms. The number of nitrogens with zero attached hydrogens (tertiary/aromatic N) is 3. The number of nitrogens with two attached hydrogens (primary N) is 2. The van der Waals surface area contributed by atoms with Crippen molar-refractivity contribution in [1.82, 2.24) is 15.5 Å². The van der Waals surface area contributed by atoms with Gasteiger partial charge in [0.1, 0.15) is 6.04 Å². The highest BCUT2D eigenvalue weighted by Crippen LogP contribution is 2.45. The summed E-state index contributed by atoms with van der Waals surface area (Å²) < 4.78 is 5.44. The molecule has 3 aliphatic heterocycles. The van der Waals surface area contributed by atoms with Gasteiger partial charge in [-0.05, 0) is 32.9 Å². The first-order valence-corrected chi connectivity index (χ1v) is 10.1. The molecule has 3 heterocycles. The summed E-state index contributed by atoms with van der Waals surface area (Å²) >= 11 is 0. The van der Waals surface area contributed by atoms with E-state index in [1.54, 1.807) is 51.1 Å². The summed E-state index contributed by atoms with van der Waals surface area (Å²) in [5, 5.41) is 28.1. The van der Waals surface area contributed by atoms with E-state index in [1.165, 1.54) is 4.90 Å². The predicted molar refractivity (Wildman–Crippen MR) is 114 cm³/mol. The van der Waals surface area contributed by atoms with E-state index < -0.39 is 47.1 Å². The predicted octanol–water partition coefficient (Wildman–Crippen LogP) is -2.20. The van der Waals surface area contributed by atoms with E-state index in [1.807, 2.05) is 0 Å². The smallest absolute Gasteiger partial charge is 0.338 e. The zero-order chi connectivity index (χ0) is 23.5. The average molecular weight is 445 g/mol. The third kappa shape index (κ3) is 3.22. The molecule has 172 valence electrons. The van der Waals surface area contributed by atoms with Crippen LogP contribution in [-0.2, 0) is 9.53 Å². The molecule has 32 heavy (non-hydrogen) atoms. The molecular formula is C20H27N7O5. The van der Waals surface area contributed by atoms with Crippen LogP contribution in [0.3, 0.4) is 0 Å². The molecule has 1 amide bonds. The quantitative estimate of drug-likeness (QED) is 0.222. The van der Waals surface area contributed by atoms with Crippen molar-refractivity contribution in [3.05, 3.63) is 35.9 Å². The van der Waals surface area contributed by atoms with Crippen molar-refractivity contribution in [3.8, 4) is 0 Å². The van der Waals surface area contributed by atoms with Gasteiger partial charge in [0.15, 0.2) is 29.7 Å². The third-order valence-electron chi connectivity index (χ3n) is 5.68. The van der Waals surface area contributed by atoms with E-state index >= 15 is 0 Å². The standard InChI is InChI=1S/C20H27N7O5/c1-18(2,3)25-14(28)12-13-19(26-16(21)24-13)20(30,31)11(9-27(19)17(22)23-12)32-15(29)10-7-5-4-6-8-10/h4-8,11-13,30-31H,9H2,1-3H3,(H2,22,23)(H,25,28)(H3,21,24,26)/t11-,12?,13?,19-/m0/s1. The minimum atomic E-state index is -2.71. The summed E-state index contributed by atoms with van der Waals surface area (Å²) in [7, 11) is 0. The SMILES string of the molecule is CC(C)(C)NC(=O)C1N=C(N)N2C[C@H](OC(=O)c3ccccc3)C(O)(O)[C@@]23NC(N)=NC13. The number of carbonyl (C=O) groups excluding carboxylic acids is 2. The number of carbonyl (C=O) groups is 2. The van der Waals surface area contributed by atoms with Crippen LogP contribution >= 0.6 is 0 Å². The second-order valence-electron chi connectivity index (χ2n) is 9.12. The van der Waals surface area contributed by atoms with E-state index in [-0.39, 0.29) is 24.0 Å². The second kappa shape index (κ2) is 7.07. The molecule has 3 aliphatic rings. The number of hydrogen-bond donors (Lipinski definition) is 6. The molecular weight excluding hydrogens is 418 g/mol. The van der Waals surface area contributed by atoms with Gasteiger partial charge in [-0.15, -0.1) is 0 Å². The normalized spacial score (nSPS) is 30.4. The number of rotatable bonds is 3. The number of ether oxygens (including phenoxy) is 1. The Morgan fingerprint density at radius 2 is 1.88 bits per heavy atom. The molecule has 0 saturated carbocycles. The molecule has 1 saturated heterocycles. The lowest BCUT2D eigenvalue weighted by atomic mass is 9.85. The van der Waals surface area contributed by atoms with Crippen LogP contribution < -0.4 is 22.1 Å². The van der Waals surface area contributed by atoms with Gasteiger partial charge < -0.3 is 42.0 Å². The minimum absolute atomic E-state index is 0.124. The summed E-state index contributed by atoms with van der Waals surface area (Å²) in [6.07, 6.45) is -1.44. The Morgan fingerprint density at radius 3 is 2.50 bits per heavy atom. The van der Waals surface area contributed by atoms with Crippen molar-refractivity contribution in [1.29, 1.82) is 0 Å². The second-order valence-corrected chi connectivity index (χ2v) is 9.12. The third-order valence-corrected chi connectivity index (χ3v) is 5.68. The Kier molecular flexibility index (Phi) is 4.82. The fraction of sp³-hybridized carbons (Fsp3) is 0.500. The lowest BCUT2D eigenvalue weighted by molar-refractivity contribution is -0.256. The van der Waals surface area contributed by atoms with Crippen molar-refractivity contribution >= 4 is 23.8 Å². The van der Waals surface area contributed by atoms with Gasteiger partial charge in [0, 0.05) is 5.54 Å².